The van der Waals surface area contributed by atoms with E-state index in [2.05, 4.69) is 24.3 Å². The van der Waals surface area contributed by atoms with E-state index in [4.69, 9.17) is 27.7 Å². The summed E-state index contributed by atoms with van der Waals surface area (Å²) >= 11 is 13.3. The van der Waals surface area contributed by atoms with E-state index in [0.717, 1.165) is 11.3 Å². The molecule has 2 aromatic heterocycles. The number of thiophene rings is 1. The molecule has 2 rings (SSSR count). The minimum absolute atomic E-state index is 0.411. The molecule has 0 amide bonds. The molecule has 2 heterocycles. The van der Waals surface area contributed by atoms with Gasteiger partial charge >= 0.3 is 0 Å². The summed E-state index contributed by atoms with van der Waals surface area (Å²) in [7, 11) is 0. The molecule has 0 aliphatic heterocycles. The van der Waals surface area contributed by atoms with Gasteiger partial charge in [-0.15, -0.1) is 11.3 Å². The summed E-state index contributed by atoms with van der Waals surface area (Å²) in [5, 5.41) is 7.25. The Morgan fingerprint density at radius 2 is 2.18 bits per heavy atom. The minimum Gasteiger partial charge on any atom is -0.356 e. The van der Waals surface area contributed by atoms with Crippen molar-refractivity contribution in [2.24, 2.45) is 0 Å². The van der Waals surface area contributed by atoms with Crippen LogP contribution in [0.2, 0.25) is 8.67 Å². The highest BCUT2D eigenvalue weighted by Crippen LogP contribution is 2.38. The molecule has 1 N–H and O–H groups in total. The van der Waals surface area contributed by atoms with E-state index in [0.29, 0.717) is 27.0 Å². The normalized spacial score (nSPS) is 11.4. The third kappa shape index (κ3) is 3.22. The highest BCUT2D eigenvalue weighted by Gasteiger charge is 2.13. The Morgan fingerprint density at radius 3 is 2.76 bits per heavy atom. The van der Waals surface area contributed by atoms with Crippen LogP contribution >= 0.6 is 34.5 Å². The van der Waals surface area contributed by atoms with Crippen LogP contribution in [-0.2, 0) is 6.54 Å². The predicted octanol–water partition coefficient (Wildman–Crippen LogP) is 4.21. The first kappa shape index (κ1) is 12.9. The van der Waals surface area contributed by atoms with E-state index in [1.165, 1.54) is 11.3 Å². The number of aromatic nitrogens is 1. The van der Waals surface area contributed by atoms with Crippen molar-refractivity contribution in [1.29, 1.82) is 0 Å². The third-order valence-electron chi connectivity index (χ3n) is 2.17. The van der Waals surface area contributed by atoms with Crippen molar-refractivity contribution in [3.8, 4) is 11.3 Å². The zero-order valence-electron chi connectivity index (χ0n) is 9.46. The average Bonchev–Trinajstić information content (AvgIpc) is 2.82. The second kappa shape index (κ2) is 5.40. The van der Waals surface area contributed by atoms with Gasteiger partial charge in [0.05, 0.1) is 15.6 Å². The van der Waals surface area contributed by atoms with E-state index >= 15 is 0 Å². The van der Waals surface area contributed by atoms with Crippen molar-refractivity contribution in [1.82, 2.24) is 10.5 Å². The van der Waals surface area contributed by atoms with Crippen molar-refractivity contribution in [2.75, 3.05) is 0 Å². The van der Waals surface area contributed by atoms with Gasteiger partial charge in [0.1, 0.15) is 4.34 Å². The largest absolute Gasteiger partial charge is 0.356 e. The van der Waals surface area contributed by atoms with Gasteiger partial charge in [-0.2, -0.15) is 0 Å². The van der Waals surface area contributed by atoms with Crippen molar-refractivity contribution in [3.05, 3.63) is 26.5 Å². The molecular formula is C11H12Cl2N2OS. The van der Waals surface area contributed by atoms with Gasteiger partial charge in [0.2, 0.25) is 0 Å². The Morgan fingerprint density at radius 1 is 1.41 bits per heavy atom. The first-order valence-electron chi connectivity index (χ1n) is 5.20. The molecule has 2 aromatic rings. The van der Waals surface area contributed by atoms with Gasteiger partial charge in [0, 0.05) is 18.7 Å². The van der Waals surface area contributed by atoms with Crippen molar-refractivity contribution < 1.29 is 4.52 Å². The Labute approximate surface area is 114 Å². The molecule has 0 fully saturated rings. The second-order valence-corrected chi connectivity index (χ2v) is 6.24. The molecule has 0 spiro atoms. The fraction of sp³-hybridized carbons (Fsp3) is 0.364. The summed E-state index contributed by atoms with van der Waals surface area (Å²) in [6, 6.07) is 4.07. The molecule has 92 valence electrons. The molecule has 17 heavy (non-hydrogen) atoms. The van der Waals surface area contributed by atoms with E-state index < -0.39 is 0 Å². The monoisotopic (exact) mass is 290 g/mol. The van der Waals surface area contributed by atoms with Crippen molar-refractivity contribution in [2.45, 2.75) is 26.4 Å². The highest BCUT2D eigenvalue weighted by molar-refractivity contribution is 7.20. The average molecular weight is 291 g/mol. The molecule has 0 saturated heterocycles. The lowest BCUT2D eigenvalue weighted by atomic mass is 10.2. The smallest absolute Gasteiger partial charge is 0.169 e. The zero-order valence-corrected chi connectivity index (χ0v) is 11.8. The van der Waals surface area contributed by atoms with Crippen LogP contribution in [0.3, 0.4) is 0 Å². The van der Waals surface area contributed by atoms with Crippen LogP contribution < -0.4 is 5.32 Å². The lowest BCUT2D eigenvalue weighted by molar-refractivity contribution is 0.418. The maximum absolute atomic E-state index is 6.05. The number of rotatable bonds is 4. The molecular weight excluding hydrogens is 279 g/mol. The fourth-order valence-corrected chi connectivity index (χ4v) is 2.81. The van der Waals surface area contributed by atoms with Gasteiger partial charge in [0.25, 0.3) is 0 Å². The Hall–Kier alpha value is -0.550. The van der Waals surface area contributed by atoms with Crippen LogP contribution in [0, 0.1) is 0 Å². The Bertz CT molecular complexity index is 507. The number of hydrogen-bond acceptors (Lipinski definition) is 4. The molecule has 0 aromatic carbocycles. The van der Waals surface area contributed by atoms with Gasteiger partial charge in [-0.1, -0.05) is 42.2 Å². The second-order valence-electron chi connectivity index (χ2n) is 3.96. The van der Waals surface area contributed by atoms with Gasteiger partial charge in [0.15, 0.2) is 5.76 Å². The molecule has 0 atom stereocenters. The van der Waals surface area contributed by atoms with Crippen LogP contribution in [-0.4, -0.2) is 11.2 Å². The van der Waals surface area contributed by atoms with Gasteiger partial charge in [-0.05, 0) is 6.07 Å². The van der Waals surface area contributed by atoms with E-state index in [9.17, 15) is 0 Å². The van der Waals surface area contributed by atoms with Crippen LogP contribution in [0.25, 0.3) is 11.3 Å². The molecule has 0 saturated carbocycles. The summed E-state index contributed by atoms with van der Waals surface area (Å²) in [5.74, 6) is 0.652. The standard InChI is InChI=1S/C11H12Cl2N2OS/c1-6(2)14-5-7-3-9(16-15-7)8-4-10(12)17-11(8)13/h3-4,6,14H,5H2,1-2H3. The maximum atomic E-state index is 6.05. The first-order chi connectivity index (χ1) is 8.06. The molecule has 0 aliphatic carbocycles. The molecule has 0 unspecified atom stereocenters. The number of nitrogens with zero attached hydrogens (tertiary/aromatic N) is 1. The first-order valence-corrected chi connectivity index (χ1v) is 6.77. The van der Waals surface area contributed by atoms with Crippen molar-refractivity contribution in [3.63, 3.8) is 0 Å². The van der Waals surface area contributed by atoms with Crippen molar-refractivity contribution >= 4 is 34.5 Å². The lowest BCUT2D eigenvalue weighted by Crippen LogP contribution is -2.21. The third-order valence-corrected chi connectivity index (χ3v) is 3.66. The topological polar surface area (TPSA) is 38.1 Å². The van der Waals surface area contributed by atoms with Gasteiger partial charge in [-0.25, -0.2) is 0 Å². The molecule has 0 bridgehead atoms. The van der Waals surface area contributed by atoms with Crippen LogP contribution in [0.1, 0.15) is 19.5 Å². The predicted molar refractivity (Wildman–Crippen MR) is 71.8 cm³/mol. The number of halogens is 2. The molecule has 0 radical (unpaired) electrons. The fourth-order valence-electron chi connectivity index (χ4n) is 1.34. The van der Waals surface area contributed by atoms with E-state index in [-0.39, 0.29) is 0 Å². The number of hydrogen-bond donors (Lipinski definition) is 1. The van der Waals surface area contributed by atoms with Gasteiger partial charge < -0.3 is 9.84 Å². The van der Waals surface area contributed by atoms with Crippen LogP contribution in [0.15, 0.2) is 16.7 Å². The van der Waals surface area contributed by atoms with Crippen LogP contribution in [0.4, 0.5) is 0 Å². The highest BCUT2D eigenvalue weighted by atomic mass is 35.5. The van der Waals surface area contributed by atoms with Gasteiger partial charge in [-0.3, -0.25) is 0 Å². The molecule has 3 nitrogen and oxygen atoms in total. The number of nitrogens with one attached hydrogen (secondary N) is 1. The summed E-state index contributed by atoms with van der Waals surface area (Å²) < 4.78 is 6.51. The summed E-state index contributed by atoms with van der Waals surface area (Å²) in [6.45, 7) is 4.84. The van der Waals surface area contributed by atoms with E-state index in [1.54, 1.807) is 6.07 Å². The Kier molecular flexibility index (Phi) is 4.09. The summed E-state index contributed by atoms with van der Waals surface area (Å²) in [6.07, 6.45) is 0. The minimum atomic E-state index is 0.411. The Balaban J connectivity index is 2.15. The maximum Gasteiger partial charge on any atom is 0.169 e. The summed E-state index contributed by atoms with van der Waals surface area (Å²) in [5.41, 5.74) is 1.65. The molecule has 0 aliphatic rings. The molecule has 6 heteroatoms. The zero-order chi connectivity index (χ0) is 12.4. The summed E-state index contributed by atoms with van der Waals surface area (Å²) in [4.78, 5) is 0. The quantitative estimate of drug-likeness (QED) is 0.917. The SMILES string of the molecule is CC(C)NCc1cc(-c2cc(Cl)sc2Cl)on1. The van der Waals surface area contributed by atoms with Crippen LogP contribution in [0.5, 0.6) is 0 Å². The van der Waals surface area contributed by atoms with E-state index in [1.807, 2.05) is 6.07 Å². The lowest BCUT2D eigenvalue weighted by Gasteiger charge is -2.03.